The molecule has 0 aliphatic heterocycles. The number of rotatable bonds is 2. The fourth-order valence-electron chi connectivity index (χ4n) is 2.41. The van der Waals surface area contributed by atoms with E-state index in [1.54, 1.807) is 0 Å². The number of nitrogens with zero attached hydrogens (tertiary/aromatic N) is 2. The number of nitrogens with one attached hydrogen (secondary N) is 1. The lowest BCUT2D eigenvalue weighted by molar-refractivity contribution is 0.102. The summed E-state index contributed by atoms with van der Waals surface area (Å²) in [6.45, 7) is 7.70. The average Bonchev–Trinajstić information content (AvgIpc) is 2.80. The molecule has 2 heterocycles. The van der Waals surface area contributed by atoms with Crippen LogP contribution in [-0.2, 0) is 0 Å². The standard InChI is InChI=1S/C17H17N3O2S/c1-9-6-5-7-14(10(9)2)19-15(21)13-8-18-17-20(16(13)22)11(3)12(4)23-17/h5-8H,1-4H3,(H,19,21). The van der Waals surface area contributed by atoms with Gasteiger partial charge < -0.3 is 5.32 Å². The fourth-order valence-corrected chi connectivity index (χ4v) is 3.34. The van der Waals surface area contributed by atoms with Crippen LogP contribution in [0.3, 0.4) is 0 Å². The molecule has 0 aliphatic carbocycles. The predicted molar refractivity (Wildman–Crippen MR) is 92.7 cm³/mol. The van der Waals surface area contributed by atoms with E-state index >= 15 is 0 Å². The molecule has 1 amide bonds. The third kappa shape index (κ3) is 2.55. The van der Waals surface area contributed by atoms with E-state index in [2.05, 4.69) is 10.3 Å². The Morgan fingerprint density at radius 2 is 1.96 bits per heavy atom. The van der Waals surface area contributed by atoms with Gasteiger partial charge in [0.25, 0.3) is 11.5 Å². The quantitative estimate of drug-likeness (QED) is 0.786. The smallest absolute Gasteiger partial charge is 0.271 e. The number of thiazole rings is 1. The lowest BCUT2D eigenvalue weighted by Gasteiger charge is -2.10. The molecule has 0 saturated heterocycles. The zero-order valence-electron chi connectivity index (χ0n) is 13.4. The fraction of sp³-hybridized carbons (Fsp3) is 0.235. The summed E-state index contributed by atoms with van der Waals surface area (Å²) in [5, 5.41) is 2.81. The molecular weight excluding hydrogens is 310 g/mol. The summed E-state index contributed by atoms with van der Waals surface area (Å²) >= 11 is 1.44. The van der Waals surface area contributed by atoms with Gasteiger partial charge in [-0.25, -0.2) is 4.98 Å². The molecule has 23 heavy (non-hydrogen) atoms. The third-order valence-electron chi connectivity index (χ3n) is 4.12. The first-order valence-corrected chi connectivity index (χ1v) is 8.07. The lowest BCUT2D eigenvalue weighted by Crippen LogP contribution is -2.27. The minimum atomic E-state index is -0.436. The first-order valence-electron chi connectivity index (χ1n) is 7.25. The van der Waals surface area contributed by atoms with Crippen LogP contribution in [-0.4, -0.2) is 15.3 Å². The highest BCUT2D eigenvalue weighted by atomic mass is 32.1. The second kappa shape index (κ2) is 5.62. The van der Waals surface area contributed by atoms with Gasteiger partial charge in [0.2, 0.25) is 0 Å². The summed E-state index contributed by atoms with van der Waals surface area (Å²) in [4.78, 5) is 31.0. The number of benzene rings is 1. The van der Waals surface area contributed by atoms with Crippen LogP contribution in [0.2, 0.25) is 0 Å². The molecule has 0 radical (unpaired) electrons. The molecule has 0 unspecified atom stereocenters. The first-order chi connectivity index (χ1) is 10.9. The summed E-state index contributed by atoms with van der Waals surface area (Å²) in [6, 6.07) is 5.67. The van der Waals surface area contributed by atoms with E-state index < -0.39 is 5.91 Å². The van der Waals surface area contributed by atoms with Crippen molar-refractivity contribution in [3.8, 4) is 0 Å². The largest absolute Gasteiger partial charge is 0.322 e. The molecule has 1 aromatic carbocycles. The number of hydrogen-bond donors (Lipinski definition) is 1. The Morgan fingerprint density at radius 1 is 1.22 bits per heavy atom. The normalized spacial score (nSPS) is 11.0. The van der Waals surface area contributed by atoms with Gasteiger partial charge in [0, 0.05) is 22.5 Å². The summed E-state index contributed by atoms with van der Waals surface area (Å²) in [5.41, 5.74) is 3.31. The average molecular weight is 327 g/mol. The van der Waals surface area contributed by atoms with Crippen LogP contribution in [0.15, 0.2) is 29.2 Å². The number of carbonyl (C=O) groups excluding carboxylic acids is 1. The molecule has 0 atom stereocenters. The second-order valence-corrected chi connectivity index (χ2v) is 6.72. The van der Waals surface area contributed by atoms with E-state index in [1.165, 1.54) is 21.9 Å². The van der Waals surface area contributed by atoms with Gasteiger partial charge in [0.05, 0.1) is 0 Å². The maximum Gasteiger partial charge on any atom is 0.271 e. The Hall–Kier alpha value is -2.47. The summed E-state index contributed by atoms with van der Waals surface area (Å²) in [7, 11) is 0. The Labute approximate surface area is 137 Å². The van der Waals surface area contributed by atoms with Crippen molar-refractivity contribution in [1.29, 1.82) is 0 Å². The third-order valence-corrected chi connectivity index (χ3v) is 5.19. The molecule has 5 nitrogen and oxygen atoms in total. The van der Waals surface area contributed by atoms with Crippen molar-refractivity contribution in [3.63, 3.8) is 0 Å². The van der Waals surface area contributed by atoms with Crippen LogP contribution >= 0.6 is 11.3 Å². The van der Waals surface area contributed by atoms with Crippen LogP contribution in [0.1, 0.15) is 32.1 Å². The molecule has 0 fully saturated rings. The van der Waals surface area contributed by atoms with Crippen molar-refractivity contribution in [2.24, 2.45) is 0 Å². The van der Waals surface area contributed by atoms with Gasteiger partial charge in [-0.1, -0.05) is 12.1 Å². The molecule has 0 bridgehead atoms. The molecular formula is C17H17N3O2S. The van der Waals surface area contributed by atoms with Gasteiger partial charge in [-0.15, -0.1) is 11.3 Å². The van der Waals surface area contributed by atoms with E-state index in [0.717, 1.165) is 21.7 Å². The molecule has 0 aliphatic rings. The van der Waals surface area contributed by atoms with E-state index in [4.69, 9.17) is 0 Å². The number of amides is 1. The van der Waals surface area contributed by atoms with Crippen molar-refractivity contribution >= 4 is 27.9 Å². The van der Waals surface area contributed by atoms with Gasteiger partial charge in [-0.05, 0) is 44.9 Å². The van der Waals surface area contributed by atoms with E-state index in [-0.39, 0.29) is 11.1 Å². The minimum Gasteiger partial charge on any atom is -0.322 e. The number of hydrogen-bond acceptors (Lipinski definition) is 4. The molecule has 0 saturated carbocycles. The number of aryl methyl sites for hydroxylation is 3. The highest BCUT2D eigenvalue weighted by Crippen LogP contribution is 2.20. The van der Waals surface area contributed by atoms with Crippen LogP contribution in [0, 0.1) is 27.7 Å². The second-order valence-electron chi connectivity index (χ2n) is 5.54. The van der Waals surface area contributed by atoms with E-state index in [0.29, 0.717) is 10.6 Å². The predicted octanol–water partition coefficient (Wildman–Crippen LogP) is 3.24. The summed E-state index contributed by atoms with van der Waals surface area (Å²) < 4.78 is 1.50. The SMILES string of the molecule is Cc1cccc(NC(=O)c2cnc3sc(C)c(C)n3c2=O)c1C. The first kappa shape index (κ1) is 15.4. The Kier molecular flexibility index (Phi) is 3.77. The number of aromatic nitrogens is 2. The van der Waals surface area contributed by atoms with Crippen molar-refractivity contribution in [2.75, 3.05) is 5.32 Å². The zero-order chi connectivity index (χ0) is 16.7. The van der Waals surface area contributed by atoms with Crippen molar-refractivity contribution in [2.45, 2.75) is 27.7 Å². The topological polar surface area (TPSA) is 63.5 Å². The molecule has 3 aromatic rings. The molecule has 1 N–H and O–H groups in total. The molecule has 0 spiro atoms. The maximum atomic E-state index is 12.6. The lowest BCUT2D eigenvalue weighted by atomic mass is 10.1. The Morgan fingerprint density at radius 3 is 2.70 bits per heavy atom. The molecule has 2 aromatic heterocycles. The van der Waals surface area contributed by atoms with Gasteiger partial charge in [-0.3, -0.25) is 14.0 Å². The van der Waals surface area contributed by atoms with Crippen molar-refractivity contribution < 1.29 is 4.79 Å². The van der Waals surface area contributed by atoms with Crippen LogP contribution < -0.4 is 10.9 Å². The monoisotopic (exact) mass is 327 g/mol. The summed E-state index contributed by atoms with van der Waals surface area (Å²) in [5.74, 6) is -0.436. The van der Waals surface area contributed by atoms with Crippen LogP contribution in [0.5, 0.6) is 0 Å². The maximum absolute atomic E-state index is 12.6. The Balaban J connectivity index is 2.05. The van der Waals surface area contributed by atoms with Gasteiger partial charge in [0.15, 0.2) is 4.96 Å². The number of anilines is 1. The van der Waals surface area contributed by atoms with Gasteiger partial charge in [0.1, 0.15) is 5.56 Å². The number of fused-ring (bicyclic) bond motifs is 1. The Bertz CT molecular complexity index is 985. The van der Waals surface area contributed by atoms with Crippen molar-refractivity contribution in [3.05, 3.63) is 62.0 Å². The molecule has 3 rings (SSSR count). The minimum absolute atomic E-state index is 0.0457. The molecule has 118 valence electrons. The summed E-state index contributed by atoms with van der Waals surface area (Å²) in [6.07, 6.45) is 1.35. The number of carbonyl (C=O) groups is 1. The van der Waals surface area contributed by atoms with Crippen molar-refractivity contribution in [1.82, 2.24) is 9.38 Å². The van der Waals surface area contributed by atoms with Gasteiger partial charge in [-0.2, -0.15) is 0 Å². The van der Waals surface area contributed by atoms with E-state index in [9.17, 15) is 9.59 Å². The zero-order valence-corrected chi connectivity index (χ0v) is 14.2. The van der Waals surface area contributed by atoms with E-state index in [1.807, 2.05) is 45.9 Å². The van der Waals surface area contributed by atoms with Gasteiger partial charge >= 0.3 is 0 Å². The van der Waals surface area contributed by atoms with Crippen LogP contribution in [0.25, 0.3) is 4.96 Å². The molecule has 6 heteroatoms. The highest BCUT2D eigenvalue weighted by molar-refractivity contribution is 7.17. The van der Waals surface area contributed by atoms with Crippen LogP contribution in [0.4, 0.5) is 5.69 Å². The highest BCUT2D eigenvalue weighted by Gasteiger charge is 2.17.